The van der Waals surface area contributed by atoms with Gasteiger partial charge >= 0.3 is 0 Å². The summed E-state index contributed by atoms with van der Waals surface area (Å²) < 4.78 is 5.27. The molecule has 1 aromatic rings. The lowest BCUT2D eigenvalue weighted by atomic mass is 9.78. The van der Waals surface area contributed by atoms with Crippen LogP contribution < -0.4 is 0 Å². The summed E-state index contributed by atoms with van der Waals surface area (Å²) in [4.78, 5) is 19.2. The molecule has 126 valence electrons. The van der Waals surface area contributed by atoms with E-state index in [1.165, 1.54) is 51.4 Å². The molecule has 2 atom stereocenters. The summed E-state index contributed by atoms with van der Waals surface area (Å²) in [5.41, 5.74) is 0. The van der Waals surface area contributed by atoms with Gasteiger partial charge in [-0.2, -0.15) is 4.98 Å². The van der Waals surface area contributed by atoms with Crippen LogP contribution in [0.1, 0.15) is 69.0 Å². The van der Waals surface area contributed by atoms with E-state index in [-0.39, 0.29) is 0 Å². The van der Waals surface area contributed by atoms with Crippen LogP contribution in [0, 0.1) is 5.92 Å². The van der Waals surface area contributed by atoms with Gasteiger partial charge in [0.25, 0.3) is 0 Å². The summed E-state index contributed by atoms with van der Waals surface area (Å²) in [5.74, 6) is 4.28. The predicted octanol–water partition coefficient (Wildman–Crippen LogP) is 3.36. The molecule has 0 bridgehead atoms. The normalized spacial score (nSPS) is 27.7. The molecule has 2 heterocycles. The monoisotopic (exact) mass is 335 g/mol. The van der Waals surface area contributed by atoms with Crippen LogP contribution in [0.25, 0.3) is 0 Å². The van der Waals surface area contributed by atoms with Gasteiger partial charge in [0.1, 0.15) is 0 Å². The SMILES string of the molecule is O=C(CSCc1nc(C2CC2)no1)N1CCC[C@H]2CCCC[C@@H]21. The quantitative estimate of drug-likeness (QED) is 0.826. The fraction of sp³-hybridized carbons (Fsp3) is 0.824. The Morgan fingerprint density at radius 2 is 2.00 bits per heavy atom. The van der Waals surface area contributed by atoms with Crippen molar-refractivity contribution in [1.29, 1.82) is 0 Å². The molecule has 1 amide bonds. The summed E-state index contributed by atoms with van der Waals surface area (Å²) in [6.07, 6.45) is 10.00. The van der Waals surface area contributed by atoms with Gasteiger partial charge in [0.15, 0.2) is 5.82 Å². The standard InChI is InChI=1S/C17H25N3O2S/c21-16(20-9-3-5-12-4-1-2-6-14(12)20)11-23-10-15-18-17(19-22-15)13-7-8-13/h12-14H,1-11H2/t12-,14+/m1/s1. The van der Waals surface area contributed by atoms with Crippen molar-refractivity contribution in [2.75, 3.05) is 12.3 Å². The van der Waals surface area contributed by atoms with Gasteiger partial charge in [0.2, 0.25) is 11.8 Å². The van der Waals surface area contributed by atoms with Crippen LogP contribution in [0.5, 0.6) is 0 Å². The van der Waals surface area contributed by atoms with Gasteiger partial charge in [-0.05, 0) is 44.4 Å². The van der Waals surface area contributed by atoms with Gasteiger partial charge in [-0.1, -0.05) is 18.0 Å². The molecule has 0 aromatic carbocycles. The van der Waals surface area contributed by atoms with Crippen molar-refractivity contribution < 1.29 is 9.32 Å². The number of hydrogen-bond acceptors (Lipinski definition) is 5. The first kappa shape index (κ1) is 15.5. The van der Waals surface area contributed by atoms with Crippen LogP contribution in [0.2, 0.25) is 0 Å². The minimum atomic E-state index is 0.300. The van der Waals surface area contributed by atoms with E-state index in [0.717, 1.165) is 18.3 Å². The first-order valence-electron chi connectivity index (χ1n) is 9.01. The second-order valence-electron chi connectivity index (χ2n) is 7.15. The van der Waals surface area contributed by atoms with Crippen LogP contribution in [0.15, 0.2) is 4.52 Å². The molecule has 1 aliphatic heterocycles. The Balaban J connectivity index is 1.27. The zero-order chi connectivity index (χ0) is 15.6. The number of carbonyl (C=O) groups is 1. The molecule has 5 nitrogen and oxygen atoms in total. The first-order chi connectivity index (χ1) is 11.3. The second-order valence-corrected chi connectivity index (χ2v) is 8.14. The largest absolute Gasteiger partial charge is 0.339 e. The van der Waals surface area contributed by atoms with E-state index in [4.69, 9.17) is 4.52 Å². The van der Waals surface area contributed by atoms with E-state index >= 15 is 0 Å². The lowest BCUT2D eigenvalue weighted by Gasteiger charge is -2.44. The Morgan fingerprint density at radius 1 is 1.17 bits per heavy atom. The summed E-state index contributed by atoms with van der Waals surface area (Å²) >= 11 is 1.61. The Bertz CT molecular complexity index is 556. The fourth-order valence-electron chi connectivity index (χ4n) is 4.08. The smallest absolute Gasteiger partial charge is 0.236 e. The molecule has 3 fully saturated rings. The number of hydrogen-bond donors (Lipinski definition) is 0. The molecule has 2 saturated carbocycles. The zero-order valence-corrected chi connectivity index (χ0v) is 14.4. The lowest BCUT2D eigenvalue weighted by molar-refractivity contribution is -0.134. The van der Waals surface area contributed by atoms with Crippen LogP contribution in [0.3, 0.4) is 0 Å². The molecular formula is C17H25N3O2S. The average Bonchev–Trinajstić information content (AvgIpc) is 3.33. The van der Waals surface area contributed by atoms with Crippen molar-refractivity contribution in [2.45, 2.75) is 69.1 Å². The summed E-state index contributed by atoms with van der Waals surface area (Å²) in [7, 11) is 0. The fourth-order valence-corrected chi connectivity index (χ4v) is 4.81. The van der Waals surface area contributed by atoms with Crippen molar-refractivity contribution in [3.63, 3.8) is 0 Å². The predicted molar refractivity (Wildman–Crippen MR) is 89.1 cm³/mol. The second kappa shape index (κ2) is 6.83. The molecule has 0 unspecified atom stereocenters. The molecule has 1 aromatic heterocycles. The third-order valence-electron chi connectivity index (χ3n) is 5.44. The maximum atomic E-state index is 12.6. The molecule has 0 spiro atoms. The minimum Gasteiger partial charge on any atom is -0.339 e. The highest BCUT2D eigenvalue weighted by molar-refractivity contribution is 7.99. The third-order valence-corrected chi connectivity index (χ3v) is 6.34. The molecule has 23 heavy (non-hydrogen) atoms. The number of carbonyl (C=O) groups excluding carboxylic acids is 1. The summed E-state index contributed by atoms with van der Waals surface area (Å²) in [5, 5.41) is 4.02. The number of thioether (sulfide) groups is 1. The topological polar surface area (TPSA) is 59.2 Å². The highest BCUT2D eigenvalue weighted by Gasteiger charge is 2.35. The molecular weight excluding hydrogens is 310 g/mol. The van der Waals surface area contributed by atoms with Crippen LogP contribution in [-0.4, -0.2) is 39.3 Å². The molecule has 2 aliphatic carbocycles. The van der Waals surface area contributed by atoms with Crippen molar-refractivity contribution in [3.05, 3.63) is 11.7 Å². The van der Waals surface area contributed by atoms with Crippen molar-refractivity contribution >= 4 is 17.7 Å². The van der Waals surface area contributed by atoms with Crippen LogP contribution >= 0.6 is 11.8 Å². The number of fused-ring (bicyclic) bond motifs is 1. The van der Waals surface area contributed by atoms with Gasteiger partial charge in [-0.3, -0.25) is 4.79 Å². The number of amides is 1. The molecule has 0 radical (unpaired) electrons. The maximum Gasteiger partial charge on any atom is 0.236 e. The summed E-state index contributed by atoms with van der Waals surface area (Å²) in [6.45, 7) is 0.951. The molecule has 4 rings (SSSR count). The van der Waals surface area contributed by atoms with Crippen LogP contribution in [0.4, 0.5) is 0 Å². The molecule has 1 saturated heterocycles. The van der Waals surface area contributed by atoms with E-state index in [0.29, 0.717) is 35.3 Å². The van der Waals surface area contributed by atoms with Gasteiger partial charge in [0, 0.05) is 18.5 Å². The van der Waals surface area contributed by atoms with Gasteiger partial charge < -0.3 is 9.42 Å². The minimum absolute atomic E-state index is 0.300. The molecule has 6 heteroatoms. The highest BCUT2D eigenvalue weighted by Crippen LogP contribution is 2.38. The number of aromatic nitrogens is 2. The average molecular weight is 335 g/mol. The number of rotatable bonds is 5. The van der Waals surface area contributed by atoms with Gasteiger partial charge in [0.05, 0.1) is 11.5 Å². The number of likely N-dealkylation sites (tertiary alicyclic amines) is 1. The van der Waals surface area contributed by atoms with Crippen molar-refractivity contribution in [2.24, 2.45) is 5.92 Å². The van der Waals surface area contributed by atoms with Crippen molar-refractivity contribution in [1.82, 2.24) is 15.0 Å². The Hall–Kier alpha value is -1.04. The van der Waals surface area contributed by atoms with E-state index in [1.807, 2.05) is 0 Å². The van der Waals surface area contributed by atoms with E-state index in [2.05, 4.69) is 15.0 Å². The van der Waals surface area contributed by atoms with E-state index in [1.54, 1.807) is 11.8 Å². The van der Waals surface area contributed by atoms with E-state index in [9.17, 15) is 4.79 Å². The number of piperidine rings is 1. The Morgan fingerprint density at radius 3 is 2.87 bits per heavy atom. The first-order valence-corrected chi connectivity index (χ1v) is 10.2. The third kappa shape index (κ3) is 3.57. The molecule has 0 N–H and O–H groups in total. The maximum absolute atomic E-state index is 12.6. The molecule has 3 aliphatic rings. The van der Waals surface area contributed by atoms with E-state index < -0.39 is 0 Å². The Kier molecular flexibility index (Phi) is 4.60. The summed E-state index contributed by atoms with van der Waals surface area (Å²) in [6, 6.07) is 0.510. The lowest BCUT2D eigenvalue weighted by Crippen LogP contribution is -2.50. The highest BCUT2D eigenvalue weighted by atomic mass is 32.2. The van der Waals surface area contributed by atoms with Crippen molar-refractivity contribution in [3.8, 4) is 0 Å². The van der Waals surface area contributed by atoms with Gasteiger partial charge in [-0.25, -0.2) is 0 Å². The zero-order valence-electron chi connectivity index (χ0n) is 13.6. The van der Waals surface area contributed by atoms with Gasteiger partial charge in [-0.15, -0.1) is 11.8 Å². The van der Waals surface area contributed by atoms with Crippen LogP contribution in [-0.2, 0) is 10.5 Å². The Labute approximate surface area is 141 Å². The number of nitrogens with zero attached hydrogens (tertiary/aromatic N) is 3.